The van der Waals surface area contributed by atoms with Gasteiger partial charge in [-0.25, -0.2) is 0 Å². The van der Waals surface area contributed by atoms with Crippen molar-refractivity contribution in [3.05, 3.63) is 31.9 Å². The van der Waals surface area contributed by atoms with E-state index in [1.807, 2.05) is 19.9 Å². The number of rotatable bonds is 8. The second kappa shape index (κ2) is 11.3. The first kappa shape index (κ1) is 25.5. The quantitative estimate of drug-likeness (QED) is 0.410. The van der Waals surface area contributed by atoms with E-state index >= 15 is 0 Å². The van der Waals surface area contributed by atoms with Crippen LogP contribution in [0.1, 0.15) is 56.7 Å². The summed E-state index contributed by atoms with van der Waals surface area (Å²) in [5.74, 6) is 0.722. The minimum Gasteiger partial charge on any atom is -0.355 e. The van der Waals surface area contributed by atoms with Gasteiger partial charge in [-0.15, -0.1) is 0 Å². The van der Waals surface area contributed by atoms with E-state index in [9.17, 15) is 14.9 Å². The largest absolute Gasteiger partial charge is 0.355 e. The Morgan fingerprint density at radius 1 is 1.09 bits per heavy atom. The number of carbonyl (C=O) groups excluding carboxylic acids is 1. The third kappa shape index (κ3) is 5.18. The fourth-order valence-corrected chi connectivity index (χ4v) is 5.62. The smallest absolute Gasteiger partial charge is 0.270 e. The molecule has 1 amide bonds. The first-order valence-corrected chi connectivity index (χ1v) is 13.0. The number of thiocarbonyl (C=S) groups is 1. The highest BCUT2D eigenvalue weighted by molar-refractivity contribution is 8.26. The molecule has 0 aliphatic carbocycles. The van der Waals surface area contributed by atoms with Gasteiger partial charge in [0.1, 0.15) is 21.8 Å². The van der Waals surface area contributed by atoms with Crippen molar-refractivity contribution in [2.75, 3.05) is 44.2 Å². The molecule has 178 valence electrons. The molecule has 7 nitrogen and oxygen atoms in total. The fourth-order valence-electron chi connectivity index (χ4n) is 4.33. The molecular formula is C24H33N5O2S2. The summed E-state index contributed by atoms with van der Waals surface area (Å²) in [4.78, 5) is 33.2. The molecule has 0 spiro atoms. The summed E-state index contributed by atoms with van der Waals surface area (Å²) in [7, 11) is 0. The number of piperazine rings is 1. The van der Waals surface area contributed by atoms with Gasteiger partial charge in [-0.1, -0.05) is 51.2 Å². The molecule has 33 heavy (non-hydrogen) atoms. The molecule has 0 atom stereocenters. The topological polar surface area (TPSA) is 72.6 Å². The van der Waals surface area contributed by atoms with Gasteiger partial charge in [0.25, 0.3) is 11.5 Å². The average Bonchev–Trinajstić information content (AvgIpc) is 3.08. The van der Waals surface area contributed by atoms with Crippen molar-refractivity contribution in [2.24, 2.45) is 0 Å². The van der Waals surface area contributed by atoms with Crippen molar-refractivity contribution in [1.82, 2.24) is 14.4 Å². The van der Waals surface area contributed by atoms with Crippen LogP contribution in [0, 0.1) is 18.3 Å². The maximum atomic E-state index is 13.3. The minimum atomic E-state index is -0.252. The SMILES string of the molecule is CCCCN1C(=O)/C(=C\c2c(C)c(C#N)c(=O)n(CCC)c2N2CCN(CC)CC2)SC1=S. The Kier molecular flexibility index (Phi) is 8.74. The molecule has 0 radical (unpaired) electrons. The van der Waals surface area contributed by atoms with Gasteiger partial charge in [-0.3, -0.25) is 19.1 Å². The normalized spacial score (nSPS) is 18.5. The van der Waals surface area contributed by atoms with Gasteiger partial charge in [-0.05, 0) is 37.9 Å². The molecule has 1 aromatic rings. The Morgan fingerprint density at radius 3 is 2.36 bits per heavy atom. The van der Waals surface area contributed by atoms with E-state index in [0.29, 0.717) is 27.9 Å². The molecule has 0 unspecified atom stereocenters. The highest BCUT2D eigenvalue weighted by Crippen LogP contribution is 2.36. The highest BCUT2D eigenvalue weighted by atomic mass is 32.2. The number of carbonyl (C=O) groups is 1. The first-order chi connectivity index (χ1) is 15.9. The lowest BCUT2D eigenvalue weighted by atomic mass is 10.0. The lowest BCUT2D eigenvalue weighted by Gasteiger charge is -2.37. The summed E-state index contributed by atoms with van der Waals surface area (Å²) in [5, 5.41) is 9.77. The number of thioether (sulfide) groups is 1. The number of likely N-dealkylation sites (N-methyl/N-ethyl adjacent to an activating group) is 1. The van der Waals surface area contributed by atoms with E-state index in [1.54, 1.807) is 9.47 Å². The second-order valence-electron chi connectivity index (χ2n) is 8.41. The lowest BCUT2D eigenvalue weighted by Crippen LogP contribution is -2.48. The number of amides is 1. The predicted octanol–water partition coefficient (Wildman–Crippen LogP) is 3.58. The Hall–Kier alpha value is -2.15. The van der Waals surface area contributed by atoms with E-state index < -0.39 is 0 Å². The van der Waals surface area contributed by atoms with Crippen LogP contribution < -0.4 is 10.5 Å². The molecule has 0 aromatic carbocycles. The molecule has 3 heterocycles. The summed E-state index contributed by atoms with van der Waals surface area (Å²) in [5.41, 5.74) is 1.30. The van der Waals surface area contributed by atoms with E-state index in [-0.39, 0.29) is 17.0 Å². The van der Waals surface area contributed by atoms with Crippen molar-refractivity contribution in [3.63, 3.8) is 0 Å². The van der Waals surface area contributed by atoms with Crippen LogP contribution in [0.15, 0.2) is 9.70 Å². The van der Waals surface area contributed by atoms with Crippen LogP contribution in [0.2, 0.25) is 0 Å². The minimum absolute atomic E-state index is 0.0913. The van der Waals surface area contributed by atoms with Gasteiger partial charge in [0.2, 0.25) is 0 Å². The lowest BCUT2D eigenvalue weighted by molar-refractivity contribution is -0.122. The summed E-state index contributed by atoms with van der Waals surface area (Å²) < 4.78 is 2.30. The fraction of sp³-hybridized carbons (Fsp3) is 0.583. The van der Waals surface area contributed by atoms with Gasteiger partial charge in [0.15, 0.2) is 0 Å². The van der Waals surface area contributed by atoms with Gasteiger partial charge >= 0.3 is 0 Å². The number of hydrogen-bond donors (Lipinski definition) is 0. The van der Waals surface area contributed by atoms with Crippen LogP contribution in [0.3, 0.4) is 0 Å². The van der Waals surface area contributed by atoms with Crippen molar-refractivity contribution in [3.8, 4) is 6.07 Å². The number of unbranched alkanes of at least 4 members (excludes halogenated alkanes) is 1. The number of nitriles is 1. The molecule has 2 aliphatic rings. The van der Waals surface area contributed by atoms with Gasteiger partial charge in [-0.2, -0.15) is 5.26 Å². The van der Waals surface area contributed by atoms with Crippen LogP contribution in [0.4, 0.5) is 5.82 Å². The molecule has 1 aromatic heterocycles. The van der Waals surface area contributed by atoms with Crippen LogP contribution in [-0.2, 0) is 11.3 Å². The van der Waals surface area contributed by atoms with Gasteiger partial charge in [0.05, 0.1) is 4.91 Å². The predicted molar refractivity (Wildman–Crippen MR) is 140 cm³/mol. The standard InChI is InChI=1S/C24H33N5O2S2/c1-5-8-10-29-23(31)20(33-24(29)32)15-18-17(4)19(16-25)22(30)28(9-6-2)21(18)27-13-11-26(7-3)12-14-27/h15H,5-14H2,1-4H3/b20-15+. The number of hydrogen-bond acceptors (Lipinski definition) is 7. The molecule has 0 saturated carbocycles. The Morgan fingerprint density at radius 2 is 1.79 bits per heavy atom. The average molecular weight is 488 g/mol. The number of pyridine rings is 1. The van der Waals surface area contributed by atoms with E-state index in [1.165, 1.54) is 11.8 Å². The highest BCUT2D eigenvalue weighted by Gasteiger charge is 2.33. The first-order valence-electron chi connectivity index (χ1n) is 11.8. The van der Waals surface area contributed by atoms with Gasteiger partial charge < -0.3 is 9.80 Å². The zero-order valence-corrected chi connectivity index (χ0v) is 21.7. The summed E-state index contributed by atoms with van der Waals surface area (Å²) in [6.07, 6.45) is 4.51. The number of nitrogens with zero attached hydrogens (tertiary/aromatic N) is 5. The van der Waals surface area contributed by atoms with E-state index in [0.717, 1.165) is 63.4 Å². The molecule has 9 heteroatoms. The summed E-state index contributed by atoms with van der Waals surface area (Å²) >= 11 is 6.79. The monoisotopic (exact) mass is 487 g/mol. The second-order valence-corrected chi connectivity index (χ2v) is 10.1. The van der Waals surface area contributed by atoms with Crippen molar-refractivity contribution in [1.29, 1.82) is 5.26 Å². The maximum Gasteiger partial charge on any atom is 0.270 e. The molecule has 2 fully saturated rings. The third-order valence-electron chi connectivity index (χ3n) is 6.30. The van der Waals surface area contributed by atoms with Crippen molar-refractivity contribution in [2.45, 2.75) is 53.5 Å². The maximum absolute atomic E-state index is 13.3. The van der Waals surface area contributed by atoms with E-state index in [2.05, 4.69) is 29.7 Å². The zero-order chi connectivity index (χ0) is 24.1. The number of aromatic nitrogens is 1. The Balaban J connectivity index is 2.16. The van der Waals surface area contributed by atoms with Crippen LogP contribution in [0.5, 0.6) is 0 Å². The molecule has 2 saturated heterocycles. The summed E-state index contributed by atoms with van der Waals surface area (Å²) in [6, 6.07) is 2.11. The van der Waals surface area contributed by atoms with Crippen LogP contribution in [0.25, 0.3) is 6.08 Å². The molecule has 0 bridgehead atoms. The molecule has 2 aliphatic heterocycles. The van der Waals surface area contributed by atoms with E-state index in [4.69, 9.17) is 12.2 Å². The van der Waals surface area contributed by atoms with Crippen molar-refractivity contribution < 1.29 is 4.79 Å². The zero-order valence-electron chi connectivity index (χ0n) is 20.0. The number of anilines is 1. The molecule has 3 rings (SSSR count). The Bertz CT molecular complexity index is 1050. The molecule has 0 N–H and O–H groups in total. The van der Waals surface area contributed by atoms with Crippen molar-refractivity contribution >= 4 is 46.1 Å². The molecular weight excluding hydrogens is 454 g/mol. The summed E-state index contributed by atoms with van der Waals surface area (Å²) in [6.45, 7) is 13.6. The van der Waals surface area contributed by atoms with Crippen LogP contribution in [-0.4, -0.2) is 63.9 Å². The Labute approximate surface area is 206 Å². The van der Waals surface area contributed by atoms with Crippen LogP contribution >= 0.6 is 24.0 Å². The third-order valence-corrected chi connectivity index (χ3v) is 7.67. The van der Waals surface area contributed by atoms with Gasteiger partial charge in [0, 0.05) is 44.8 Å².